The molecule has 110 valence electrons. The first kappa shape index (κ1) is 17.7. The van der Waals surface area contributed by atoms with E-state index in [-0.39, 0.29) is 0 Å². The molecule has 0 radical (unpaired) electrons. The van der Waals surface area contributed by atoms with Crippen LogP contribution in [0.3, 0.4) is 0 Å². The highest BCUT2D eigenvalue weighted by molar-refractivity contribution is 6.58. The van der Waals surface area contributed by atoms with Gasteiger partial charge in [-0.15, -0.1) is 23.2 Å². The molecule has 0 bridgehead atoms. The third-order valence-electron chi connectivity index (χ3n) is 3.01. The Morgan fingerprint density at radius 2 is 1.79 bits per heavy atom. The highest BCUT2D eigenvalue weighted by Gasteiger charge is 2.64. The second-order valence-electron chi connectivity index (χ2n) is 4.95. The highest BCUT2D eigenvalue weighted by Crippen LogP contribution is 2.57. The topological polar surface area (TPSA) is 46.5 Å². The predicted molar refractivity (Wildman–Crippen MR) is 78.9 cm³/mol. The summed E-state index contributed by atoms with van der Waals surface area (Å²) >= 11 is 30.9. The molecule has 0 aromatic heterocycles. The monoisotopic (exact) mass is 368 g/mol. The molecule has 0 saturated carbocycles. The molecule has 0 fully saturated rings. The number of hydrogen-bond acceptors (Lipinski definition) is 2. The number of rotatable bonds is 3. The molecule has 0 saturated heterocycles. The van der Waals surface area contributed by atoms with E-state index in [9.17, 15) is 4.79 Å². The standard InChI is InChI=1S/C11H13Cl5O3/c1-8(2,7(17)18)19-10(14)5-4-6(12)11(15,16)9(10,3)13/h4-6H,1-3H3,(H,17,18). The maximum atomic E-state index is 11.1. The fourth-order valence-corrected chi connectivity index (χ4v) is 3.02. The zero-order valence-electron chi connectivity index (χ0n) is 10.4. The van der Waals surface area contributed by atoms with Gasteiger partial charge in [0.1, 0.15) is 4.87 Å². The molecule has 3 unspecified atom stereocenters. The Morgan fingerprint density at radius 1 is 1.32 bits per heavy atom. The van der Waals surface area contributed by atoms with Gasteiger partial charge in [-0.05, 0) is 26.8 Å². The maximum Gasteiger partial charge on any atom is 0.335 e. The summed E-state index contributed by atoms with van der Waals surface area (Å²) in [5.41, 5.74) is -1.58. The van der Waals surface area contributed by atoms with E-state index < -0.39 is 31.2 Å². The van der Waals surface area contributed by atoms with E-state index in [1.165, 1.54) is 32.9 Å². The smallest absolute Gasteiger partial charge is 0.335 e. The van der Waals surface area contributed by atoms with Gasteiger partial charge in [0.15, 0.2) is 15.0 Å². The Morgan fingerprint density at radius 3 is 2.21 bits per heavy atom. The summed E-state index contributed by atoms with van der Waals surface area (Å²) in [6, 6.07) is 0. The first-order chi connectivity index (χ1) is 8.28. The van der Waals surface area contributed by atoms with Crippen LogP contribution in [-0.4, -0.2) is 36.3 Å². The third-order valence-corrected chi connectivity index (χ3v) is 6.38. The Balaban J connectivity index is 3.25. The van der Waals surface area contributed by atoms with Gasteiger partial charge in [-0.3, -0.25) is 0 Å². The molecule has 8 heteroatoms. The number of allylic oxidation sites excluding steroid dienone is 1. The quantitative estimate of drug-likeness (QED) is 0.600. The van der Waals surface area contributed by atoms with E-state index >= 15 is 0 Å². The van der Waals surface area contributed by atoms with Crippen molar-refractivity contribution >= 4 is 64.0 Å². The Hall–Kier alpha value is 0.620. The maximum absolute atomic E-state index is 11.1. The van der Waals surface area contributed by atoms with Crippen LogP contribution in [-0.2, 0) is 9.53 Å². The third kappa shape index (κ3) is 2.83. The number of ether oxygens (including phenoxy) is 1. The van der Waals surface area contributed by atoms with Crippen molar-refractivity contribution < 1.29 is 14.6 Å². The van der Waals surface area contributed by atoms with E-state index in [2.05, 4.69) is 0 Å². The minimum atomic E-state index is -1.72. The average Bonchev–Trinajstić information content (AvgIpc) is 2.22. The van der Waals surface area contributed by atoms with Gasteiger partial charge >= 0.3 is 5.97 Å². The lowest BCUT2D eigenvalue weighted by atomic mass is 9.89. The minimum Gasteiger partial charge on any atom is -0.479 e. The number of carboxylic acid groups (broad SMARTS) is 1. The fraction of sp³-hybridized carbons (Fsp3) is 0.727. The van der Waals surface area contributed by atoms with Crippen molar-refractivity contribution in [2.75, 3.05) is 0 Å². The largest absolute Gasteiger partial charge is 0.479 e. The van der Waals surface area contributed by atoms with E-state index in [1.807, 2.05) is 0 Å². The average molecular weight is 370 g/mol. The molecule has 0 amide bonds. The number of carbonyl (C=O) groups is 1. The number of aliphatic carboxylic acids is 1. The molecule has 0 aromatic rings. The molecule has 1 aliphatic carbocycles. The summed E-state index contributed by atoms with van der Waals surface area (Å²) in [6.45, 7) is 4.13. The summed E-state index contributed by atoms with van der Waals surface area (Å²) in [4.78, 5) is 9.59. The number of alkyl halides is 5. The van der Waals surface area contributed by atoms with Gasteiger partial charge in [-0.25, -0.2) is 4.79 Å². The van der Waals surface area contributed by atoms with Crippen LogP contribution in [0.5, 0.6) is 0 Å². The summed E-state index contributed by atoms with van der Waals surface area (Å²) in [7, 11) is 0. The lowest BCUT2D eigenvalue weighted by Gasteiger charge is -2.50. The Labute approximate surface area is 136 Å². The fourth-order valence-electron chi connectivity index (χ4n) is 1.52. The highest BCUT2D eigenvalue weighted by atomic mass is 35.5. The van der Waals surface area contributed by atoms with Crippen molar-refractivity contribution in [3.05, 3.63) is 12.2 Å². The Kier molecular flexibility index (Phi) is 4.76. The van der Waals surface area contributed by atoms with E-state index in [0.717, 1.165) is 0 Å². The minimum absolute atomic E-state index is 0.790. The molecular formula is C11H13Cl5O3. The molecular weight excluding hydrogens is 357 g/mol. The molecule has 3 nitrogen and oxygen atoms in total. The van der Waals surface area contributed by atoms with Crippen molar-refractivity contribution in [2.24, 2.45) is 0 Å². The molecule has 1 N–H and O–H groups in total. The molecule has 19 heavy (non-hydrogen) atoms. The molecule has 1 aliphatic rings. The molecule has 0 aliphatic heterocycles. The van der Waals surface area contributed by atoms with Crippen LogP contribution in [0.25, 0.3) is 0 Å². The molecule has 3 atom stereocenters. The van der Waals surface area contributed by atoms with Crippen LogP contribution in [0.1, 0.15) is 20.8 Å². The van der Waals surface area contributed by atoms with Crippen LogP contribution >= 0.6 is 58.0 Å². The normalized spacial score (nSPS) is 38.2. The molecule has 0 spiro atoms. The predicted octanol–water partition coefficient (Wildman–Crippen LogP) is 4.15. The van der Waals surface area contributed by atoms with Crippen LogP contribution in [0.2, 0.25) is 0 Å². The molecule has 1 rings (SSSR count). The summed E-state index contributed by atoms with van der Waals surface area (Å²) in [5, 5.41) is 6.59. The van der Waals surface area contributed by atoms with Crippen LogP contribution in [0.4, 0.5) is 0 Å². The van der Waals surface area contributed by atoms with Crippen molar-refractivity contribution in [1.82, 2.24) is 0 Å². The van der Waals surface area contributed by atoms with E-state index in [1.54, 1.807) is 0 Å². The number of carboxylic acids is 1. The van der Waals surface area contributed by atoms with Gasteiger partial charge in [-0.2, -0.15) is 0 Å². The van der Waals surface area contributed by atoms with Crippen LogP contribution < -0.4 is 0 Å². The lowest BCUT2D eigenvalue weighted by Crippen LogP contribution is -2.63. The van der Waals surface area contributed by atoms with Crippen molar-refractivity contribution in [3.8, 4) is 0 Å². The SMILES string of the molecule is CC(C)(OC1(Cl)C=CC(Cl)C(Cl)(Cl)C1(C)Cl)C(=O)O. The van der Waals surface area contributed by atoms with Gasteiger partial charge in [0.25, 0.3) is 0 Å². The van der Waals surface area contributed by atoms with Gasteiger partial charge in [-0.1, -0.05) is 40.9 Å². The van der Waals surface area contributed by atoms with Gasteiger partial charge in [0.2, 0.25) is 0 Å². The zero-order chi connectivity index (χ0) is 15.3. The van der Waals surface area contributed by atoms with Crippen LogP contribution in [0, 0.1) is 0 Å². The lowest BCUT2D eigenvalue weighted by molar-refractivity contribution is -0.171. The van der Waals surface area contributed by atoms with E-state index in [4.69, 9.17) is 67.8 Å². The van der Waals surface area contributed by atoms with Crippen molar-refractivity contribution in [3.63, 3.8) is 0 Å². The second-order valence-corrected chi connectivity index (χ2v) is 8.12. The van der Waals surface area contributed by atoms with Crippen LogP contribution in [0.15, 0.2) is 12.2 Å². The first-order valence-electron chi connectivity index (χ1n) is 5.30. The summed E-state index contributed by atoms with van der Waals surface area (Å²) in [6.07, 6.45) is 2.80. The zero-order valence-corrected chi connectivity index (χ0v) is 14.2. The molecule has 0 aromatic carbocycles. The first-order valence-corrected chi connectivity index (χ1v) is 7.25. The summed E-state index contributed by atoms with van der Waals surface area (Å²) < 4.78 is 3.81. The number of hydrogen-bond donors (Lipinski definition) is 1. The van der Waals surface area contributed by atoms with Crippen molar-refractivity contribution in [2.45, 2.75) is 46.0 Å². The van der Waals surface area contributed by atoms with Gasteiger partial charge in [0, 0.05) is 0 Å². The second kappa shape index (κ2) is 5.11. The van der Waals surface area contributed by atoms with Crippen molar-refractivity contribution in [1.29, 1.82) is 0 Å². The van der Waals surface area contributed by atoms with Gasteiger partial charge < -0.3 is 9.84 Å². The molecule has 0 heterocycles. The van der Waals surface area contributed by atoms with E-state index in [0.29, 0.717) is 0 Å². The Bertz CT molecular complexity index is 419. The number of halogens is 5. The van der Waals surface area contributed by atoms with Gasteiger partial charge in [0.05, 0.1) is 5.38 Å². The summed E-state index contributed by atoms with van der Waals surface area (Å²) in [5.74, 6) is -1.20.